The Labute approximate surface area is 109 Å². The Kier molecular flexibility index (Phi) is 3.39. The van der Waals surface area contributed by atoms with Crippen LogP contribution in [-0.4, -0.2) is 24.7 Å². The fraction of sp³-hybridized carbons (Fsp3) is 0.167. The molecule has 7 heteroatoms. The summed E-state index contributed by atoms with van der Waals surface area (Å²) in [7, 11) is -3.63. The molecule has 0 spiro atoms. The minimum Gasteiger partial charge on any atom is -0.478 e. The number of hydrogen-bond donors (Lipinski definition) is 1. The fourth-order valence-electron chi connectivity index (χ4n) is 1.78. The zero-order valence-electron chi connectivity index (χ0n) is 10.0. The van der Waals surface area contributed by atoms with Gasteiger partial charge in [-0.1, -0.05) is 11.2 Å². The number of carboxylic acids is 1. The minimum absolute atomic E-state index is 0.00796. The SMILES string of the molecule is Cc1c(C(=O)O)cccc1S(=O)(=O)Cc1cnoc1. The molecular weight excluding hydrogens is 270 g/mol. The van der Waals surface area contributed by atoms with Crippen LogP contribution in [0.4, 0.5) is 0 Å². The van der Waals surface area contributed by atoms with Gasteiger partial charge < -0.3 is 9.63 Å². The van der Waals surface area contributed by atoms with Crippen LogP contribution in [0, 0.1) is 6.92 Å². The van der Waals surface area contributed by atoms with Crippen molar-refractivity contribution in [2.75, 3.05) is 0 Å². The first-order valence-corrected chi connectivity index (χ1v) is 7.01. The van der Waals surface area contributed by atoms with Gasteiger partial charge in [0.1, 0.15) is 6.26 Å². The number of sulfone groups is 1. The number of hydrogen-bond acceptors (Lipinski definition) is 5. The molecule has 0 bridgehead atoms. The summed E-state index contributed by atoms with van der Waals surface area (Å²) in [5.74, 6) is -1.43. The summed E-state index contributed by atoms with van der Waals surface area (Å²) in [4.78, 5) is 11.0. The second-order valence-electron chi connectivity index (χ2n) is 4.03. The Hall–Kier alpha value is -2.15. The van der Waals surface area contributed by atoms with Gasteiger partial charge in [-0.25, -0.2) is 13.2 Å². The predicted molar refractivity (Wildman–Crippen MR) is 65.5 cm³/mol. The summed E-state index contributed by atoms with van der Waals surface area (Å²) in [6.45, 7) is 1.48. The van der Waals surface area contributed by atoms with E-state index < -0.39 is 15.8 Å². The van der Waals surface area contributed by atoms with Crippen molar-refractivity contribution in [2.24, 2.45) is 0 Å². The average Bonchev–Trinajstić information content (AvgIpc) is 2.80. The molecule has 0 radical (unpaired) electrons. The molecule has 0 aliphatic rings. The van der Waals surface area contributed by atoms with E-state index in [0.29, 0.717) is 5.56 Å². The number of nitrogens with zero attached hydrogens (tertiary/aromatic N) is 1. The van der Waals surface area contributed by atoms with Crippen LogP contribution in [0.2, 0.25) is 0 Å². The molecule has 6 nitrogen and oxygen atoms in total. The molecule has 1 aromatic carbocycles. The van der Waals surface area contributed by atoms with Crippen LogP contribution in [-0.2, 0) is 15.6 Å². The van der Waals surface area contributed by atoms with Gasteiger partial charge in [0.25, 0.3) is 0 Å². The smallest absolute Gasteiger partial charge is 0.335 e. The highest BCUT2D eigenvalue weighted by Gasteiger charge is 2.21. The Balaban J connectivity index is 2.47. The predicted octanol–water partition coefficient (Wildman–Crippen LogP) is 1.66. The molecule has 0 saturated heterocycles. The van der Waals surface area contributed by atoms with E-state index in [2.05, 4.69) is 9.68 Å². The van der Waals surface area contributed by atoms with Crippen molar-refractivity contribution < 1.29 is 22.8 Å². The third kappa shape index (κ3) is 2.65. The molecule has 0 unspecified atom stereocenters. The highest BCUT2D eigenvalue weighted by Crippen LogP contribution is 2.22. The number of aromatic carboxylic acids is 1. The summed E-state index contributed by atoms with van der Waals surface area (Å²) >= 11 is 0. The molecule has 1 aromatic heterocycles. The number of benzene rings is 1. The van der Waals surface area contributed by atoms with Crippen LogP contribution in [0.25, 0.3) is 0 Å². The Morgan fingerprint density at radius 3 is 2.74 bits per heavy atom. The summed E-state index contributed by atoms with van der Waals surface area (Å²) < 4.78 is 29.0. The highest BCUT2D eigenvalue weighted by atomic mass is 32.2. The number of carbonyl (C=O) groups is 1. The number of carboxylic acid groups (broad SMARTS) is 1. The van der Waals surface area contributed by atoms with E-state index in [9.17, 15) is 13.2 Å². The first kappa shape index (κ1) is 13.3. The van der Waals surface area contributed by atoms with Gasteiger partial charge in [0.15, 0.2) is 9.84 Å². The van der Waals surface area contributed by atoms with E-state index in [-0.39, 0.29) is 21.8 Å². The molecule has 0 saturated carbocycles. The summed E-state index contributed by atoms with van der Waals surface area (Å²) in [6, 6.07) is 4.18. The van der Waals surface area contributed by atoms with Gasteiger partial charge >= 0.3 is 5.97 Å². The quantitative estimate of drug-likeness (QED) is 0.915. The fourth-order valence-corrected chi connectivity index (χ4v) is 3.38. The number of rotatable bonds is 4. The van der Waals surface area contributed by atoms with Crippen molar-refractivity contribution in [3.63, 3.8) is 0 Å². The van der Waals surface area contributed by atoms with Gasteiger partial charge in [-0.15, -0.1) is 0 Å². The van der Waals surface area contributed by atoms with Gasteiger partial charge in [-0.3, -0.25) is 0 Å². The minimum atomic E-state index is -3.63. The summed E-state index contributed by atoms with van der Waals surface area (Å²) in [5.41, 5.74) is 0.623. The lowest BCUT2D eigenvalue weighted by Gasteiger charge is -2.08. The second kappa shape index (κ2) is 4.85. The molecule has 1 heterocycles. The molecule has 2 aromatic rings. The Morgan fingerprint density at radius 2 is 2.16 bits per heavy atom. The van der Waals surface area contributed by atoms with Gasteiger partial charge in [0.05, 0.1) is 22.4 Å². The molecule has 1 N–H and O–H groups in total. The lowest BCUT2D eigenvalue weighted by molar-refractivity contribution is 0.0696. The van der Waals surface area contributed by atoms with Gasteiger partial charge in [0.2, 0.25) is 0 Å². The van der Waals surface area contributed by atoms with E-state index >= 15 is 0 Å². The van der Waals surface area contributed by atoms with Crippen molar-refractivity contribution in [3.8, 4) is 0 Å². The van der Waals surface area contributed by atoms with Crippen molar-refractivity contribution in [1.29, 1.82) is 0 Å². The van der Waals surface area contributed by atoms with Crippen LogP contribution in [0.1, 0.15) is 21.5 Å². The van der Waals surface area contributed by atoms with Crippen LogP contribution >= 0.6 is 0 Å². The molecule has 0 atom stereocenters. The average molecular weight is 281 g/mol. The van der Waals surface area contributed by atoms with Gasteiger partial charge in [-0.05, 0) is 24.6 Å². The van der Waals surface area contributed by atoms with Crippen LogP contribution < -0.4 is 0 Å². The molecule has 19 heavy (non-hydrogen) atoms. The summed E-state index contributed by atoms with van der Waals surface area (Å²) in [6.07, 6.45) is 2.56. The van der Waals surface area contributed by atoms with Crippen molar-refractivity contribution >= 4 is 15.8 Å². The molecule has 0 fully saturated rings. The first-order valence-electron chi connectivity index (χ1n) is 5.36. The van der Waals surface area contributed by atoms with Crippen LogP contribution in [0.15, 0.2) is 40.1 Å². The highest BCUT2D eigenvalue weighted by molar-refractivity contribution is 7.90. The standard InChI is InChI=1S/C12H11NO5S/c1-8-10(12(14)15)3-2-4-11(8)19(16,17)7-9-5-13-18-6-9/h2-6H,7H2,1H3,(H,14,15). The Morgan fingerprint density at radius 1 is 1.42 bits per heavy atom. The van der Waals surface area contributed by atoms with Crippen LogP contribution in [0.5, 0.6) is 0 Å². The molecule has 0 amide bonds. The summed E-state index contributed by atoms with van der Waals surface area (Å²) in [5, 5.41) is 12.4. The first-order chi connectivity index (χ1) is 8.92. The lowest BCUT2D eigenvalue weighted by Crippen LogP contribution is -2.09. The van der Waals surface area contributed by atoms with Crippen molar-refractivity contribution in [1.82, 2.24) is 5.16 Å². The maximum atomic E-state index is 12.2. The zero-order chi connectivity index (χ0) is 14.0. The Bertz CT molecular complexity index is 704. The maximum absolute atomic E-state index is 12.2. The maximum Gasteiger partial charge on any atom is 0.335 e. The van der Waals surface area contributed by atoms with Crippen molar-refractivity contribution in [3.05, 3.63) is 47.3 Å². The van der Waals surface area contributed by atoms with E-state index in [0.717, 1.165) is 0 Å². The van der Waals surface area contributed by atoms with Gasteiger partial charge in [-0.2, -0.15) is 0 Å². The lowest BCUT2D eigenvalue weighted by atomic mass is 10.1. The van der Waals surface area contributed by atoms with E-state index in [1.165, 1.54) is 37.6 Å². The molecule has 0 aliphatic heterocycles. The van der Waals surface area contributed by atoms with E-state index in [1.807, 2.05) is 0 Å². The molecule has 0 aliphatic carbocycles. The van der Waals surface area contributed by atoms with Gasteiger partial charge in [0, 0.05) is 5.56 Å². The van der Waals surface area contributed by atoms with E-state index in [1.54, 1.807) is 0 Å². The van der Waals surface area contributed by atoms with E-state index in [4.69, 9.17) is 5.11 Å². The largest absolute Gasteiger partial charge is 0.478 e. The van der Waals surface area contributed by atoms with Crippen molar-refractivity contribution in [2.45, 2.75) is 17.6 Å². The monoisotopic (exact) mass is 281 g/mol. The zero-order valence-corrected chi connectivity index (χ0v) is 10.8. The number of aromatic nitrogens is 1. The second-order valence-corrected chi connectivity index (χ2v) is 5.98. The topological polar surface area (TPSA) is 97.5 Å². The van der Waals surface area contributed by atoms with Crippen LogP contribution in [0.3, 0.4) is 0 Å². The molecular formula is C12H11NO5S. The third-order valence-corrected chi connectivity index (χ3v) is 4.52. The molecule has 2 rings (SSSR count). The third-order valence-electron chi connectivity index (χ3n) is 2.69. The normalized spacial score (nSPS) is 11.4. The molecule has 100 valence electrons.